The predicted octanol–water partition coefficient (Wildman–Crippen LogP) is -0.173. The summed E-state index contributed by atoms with van der Waals surface area (Å²) >= 11 is 0. The first-order chi connectivity index (χ1) is 9.85. The van der Waals surface area contributed by atoms with E-state index in [1.165, 1.54) is 0 Å². The van der Waals surface area contributed by atoms with E-state index in [1.807, 2.05) is 13.8 Å². The summed E-state index contributed by atoms with van der Waals surface area (Å²) in [6, 6.07) is -0.0857. The zero-order chi connectivity index (χ0) is 16.0. The molecule has 0 aromatic carbocycles. The molecule has 1 rings (SSSR count). The van der Waals surface area contributed by atoms with Gasteiger partial charge in [-0.25, -0.2) is 4.79 Å². The van der Waals surface area contributed by atoms with Crippen LogP contribution < -0.4 is 16.6 Å². The van der Waals surface area contributed by atoms with Gasteiger partial charge in [0.05, 0.1) is 0 Å². The van der Waals surface area contributed by atoms with Crippen molar-refractivity contribution in [3.8, 4) is 0 Å². The van der Waals surface area contributed by atoms with Gasteiger partial charge in [-0.15, -0.1) is 0 Å². The van der Waals surface area contributed by atoms with E-state index in [4.69, 9.17) is 5.11 Å². The van der Waals surface area contributed by atoms with E-state index in [0.717, 1.165) is 0 Å². The number of hydrogen-bond donors (Lipinski definition) is 4. The summed E-state index contributed by atoms with van der Waals surface area (Å²) < 4.78 is 0. The maximum Gasteiger partial charge on any atom is 0.325 e. The fraction of sp³-hybridized carbons (Fsp3) is 0.643. The number of aromatic nitrogens is 2. The highest BCUT2D eigenvalue weighted by Gasteiger charge is 2.16. The minimum atomic E-state index is -0.548. The molecule has 0 aliphatic rings. The number of carbonyl (C=O) groups is 1. The van der Waals surface area contributed by atoms with E-state index < -0.39 is 11.2 Å². The van der Waals surface area contributed by atoms with Crippen LogP contribution in [0.1, 0.15) is 37.9 Å². The summed E-state index contributed by atoms with van der Waals surface area (Å²) in [4.78, 5) is 39.3. The Labute approximate surface area is 122 Å². The van der Waals surface area contributed by atoms with E-state index in [-0.39, 0.29) is 37.3 Å². The Morgan fingerprint density at radius 1 is 1.29 bits per heavy atom. The topological polar surface area (TPSA) is 115 Å². The number of amides is 1. The van der Waals surface area contributed by atoms with Gasteiger partial charge in [0.15, 0.2) is 0 Å². The molecule has 0 radical (unpaired) electrons. The van der Waals surface area contributed by atoms with E-state index in [9.17, 15) is 14.4 Å². The van der Waals surface area contributed by atoms with Gasteiger partial charge in [0.25, 0.3) is 5.56 Å². The van der Waals surface area contributed by atoms with Crippen LogP contribution in [0.2, 0.25) is 0 Å². The monoisotopic (exact) mass is 297 g/mol. The molecule has 0 spiro atoms. The molecule has 21 heavy (non-hydrogen) atoms. The third-order valence-electron chi connectivity index (χ3n) is 3.45. The predicted molar refractivity (Wildman–Crippen MR) is 79.2 cm³/mol. The smallest absolute Gasteiger partial charge is 0.325 e. The minimum absolute atomic E-state index is 0.0157. The Kier molecular flexibility index (Phi) is 6.36. The molecule has 0 aliphatic carbocycles. The zero-order valence-corrected chi connectivity index (χ0v) is 12.7. The lowest BCUT2D eigenvalue weighted by molar-refractivity contribution is -0.122. The van der Waals surface area contributed by atoms with Crippen molar-refractivity contribution in [3.05, 3.63) is 32.1 Å². The highest BCUT2D eigenvalue weighted by Crippen LogP contribution is 2.07. The lowest BCUT2D eigenvalue weighted by atomic mass is 10.0. The zero-order valence-electron chi connectivity index (χ0n) is 12.7. The summed E-state index contributed by atoms with van der Waals surface area (Å²) in [5.41, 5.74) is -0.117. The Morgan fingerprint density at radius 3 is 2.48 bits per heavy atom. The molecule has 0 bridgehead atoms. The molecule has 0 fully saturated rings. The molecule has 7 heteroatoms. The van der Waals surface area contributed by atoms with Crippen molar-refractivity contribution in [1.82, 2.24) is 15.3 Å². The Hall–Kier alpha value is -1.89. The number of aliphatic hydroxyl groups is 1. The summed E-state index contributed by atoms with van der Waals surface area (Å²) in [6.45, 7) is 5.59. The van der Waals surface area contributed by atoms with Crippen LogP contribution in [0.3, 0.4) is 0 Å². The average Bonchev–Trinajstić information content (AvgIpc) is 2.36. The van der Waals surface area contributed by atoms with Crippen molar-refractivity contribution in [2.24, 2.45) is 5.92 Å². The van der Waals surface area contributed by atoms with Gasteiger partial charge >= 0.3 is 5.69 Å². The van der Waals surface area contributed by atoms with Crippen LogP contribution in [0.5, 0.6) is 0 Å². The summed E-state index contributed by atoms with van der Waals surface area (Å²) in [5, 5.41) is 11.8. The van der Waals surface area contributed by atoms with Crippen molar-refractivity contribution in [1.29, 1.82) is 0 Å². The summed E-state index contributed by atoms with van der Waals surface area (Å²) in [7, 11) is 0. The van der Waals surface area contributed by atoms with Crippen molar-refractivity contribution >= 4 is 5.91 Å². The molecule has 0 aliphatic heterocycles. The average molecular weight is 297 g/mol. The summed E-state index contributed by atoms with van der Waals surface area (Å²) in [6.07, 6.45) is 0.917. The van der Waals surface area contributed by atoms with Gasteiger partial charge in [0, 0.05) is 30.3 Å². The number of hydrogen-bond acceptors (Lipinski definition) is 4. The normalized spacial score (nSPS) is 12.4. The molecule has 0 saturated heterocycles. The number of H-pyrrole nitrogens is 2. The van der Waals surface area contributed by atoms with Gasteiger partial charge in [-0.3, -0.25) is 14.6 Å². The molecule has 1 aromatic rings. The molecule has 1 amide bonds. The third kappa shape index (κ3) is 5.18. The lowest BCUT2D eigenvalue weighted by Gasteiger charge is -2.21. The second kappa shape index (κ2) is 7.78. The number of rotatable bonds is 7. The standard InChI is InChI=1S/C14H23N3O4/c1-8(2)11(6-7-18)16-12(19)5-4-10-9(3)15-14(21)17-13(10)20/h8,11,18H,4-7H2,1-3H3,(H,16,19)(H2,15,17,20,21). The van der Waals surface area contributed by atoms with Gasteiger partial charge in [-0.2, -0.15) is 0 Å². The second-order valence-electron chi connectivity index (χ2n) is 5.44. The van der Waals surface area contributed by atoms with Gasteiger partial charge < -0.3 is 15.4 Å². The number of aromatic amines is 2. The fourth-order valence-electron chi connectivity index (χ4n) is 2.16. The lowest BCUT2D eigenvalue weighted by Crippen LogP contribution is -2.39. The van der Waals surface area contributed by atoms with E-state index in [2.05, 4.69) is 15.3 Å². The van der Waals surface area contributed by atoms with Gasteiger partial charge in [-0.1, -0.05) is 13.8 Å². The Balaban J connectivity index is 2.65. The van der Waals surface area contributed by atoms with Crippen LogP contribution in [-0.2, 0) is 11.2 Å². The van der Waals surface area contributed by atoms with Crippen molar-refractivity contribution < 1.29 is 9.90 Å². The Bertz CT molecular complexity index is 589. The van der Waals surface area contributed by atoms with Crippen molar-refractivity contribution in [2.45, 2.75) is 46.1 Å². The van der Waals surface area contributed by atoms with Crippen LogP contribution in [0, 0.1) is 12.8 Å². The highest BCUT2D eigenvalue weighted by molar-refractivity contribution is 5.76. The van der Waals surface area contributed by atoms with Crippen LogP contribution in [0.15, 0.2) is 9.59 Å². The van der Waals surface area contributed by atoms with Gasteiger partial charge in [0.2, 0.25) is 5.91 Å². The van der Waals surface area contributed by atoms with Crippen molar-refractivity contribution in [3.63, 3.8) is 0 Å². The highest BCUT2D eigenvalue weighted by atomic mass is 16.3. The molecule has 1 heterocycles. The van der Waals surface area contributed by atoms with E-state index >= 15 is 0 Å². The SMILES string of the molecule is Cc1[nH]c(=O)[nH]c(=O)c1CCC(=O)NC(CCO)C(C)C. The van der Waals surface area contributed by atoms with Crippen LogP contribution >= 0.6 is 0 Å². The molecule has 4 N–H and O–H groups in total. The van der Waals surface area contributed by atoms with E-state index in [0.29, 0.717) is 17.7 Å². The van der Waals surface area contributed by atoms with Crippen molar-refractivity contribution in [2.75, 3.05) is 6.61 Å². The third-order valence-corrected chi connectivity index (χ3v) is 3.45. The largest absolute Gasteiger partial charge is 0.396 e. The maximum atomic E-state index is 11.9. The van der Waals surface area contributed by atoms with Crippen LogP contribution in [0.4, 0.5) is 0 Å². The quantitative estimate of drug-likeness (QED) is 0.559. The molecular weight excluding hydrogens is 274 g/mol. The van der Waals surface area contributed by atoms with Gasteiger partial charge in [0.1, 0.15) is 0 Å². The first-order valence-corrected chi connectivity index (χ1v) is 7.07. The first-order valence-electron chi connectivity index (χ1n) is 7.07. The van der Waals surface area contributed by atoms with Crippen LogP contribution in [-0.4, -0.2) is 33.6 Å². The molecule has 118 valence electrons. The number of aliphatic hydroxyl groups excluding tert-OH is 1. The number of carbonyl (C=O) groups excluding carboxylic acids is 1. The van der Waals surface area contributed by atoms with Crippen LogP contribution in [0.25, 0.3) is 0 Å². The number of nitrogens with one attached hydrogen (secondary N) is 3. The molecule has 1 atom stereocenters. The molecule has 7 nitrogen and oxygen atoms in total. The summed E-state index contributed by atoms with van der Waals surface area (Å²) in [5.74, 6) is 0.0477. The molecule has 1 unspecified atom stereocenters. The molecule has 1 aromatic heterocycles. The first kappa shape index (κ1) is 17.2. The minimum Gasteiger partial charge on any atom is -0.396 e. The number of aryl methyl sites for hydroxylation is 1. The maximum absolute atomic E-state index is 11.9. The van der Waals surface area contributed by atoms with E-state index in [1.54, 1.807) is 6.92 Å². The molecular formula is C14H23N3O4. The second-order valence-corrected chi connectivity index (χ2v) is 5.44. The fourth-order valence-corrected chi connectivity index (χ4v) is 2.16. The Morgan fingerprint density at radius 2 is 1.95 bits per heavy atom. The van der Waals surface area contributed by atoms with Gasteiger partial charge in [-0.05, 0) is 25.7 Å². The molecule has 0 saturated carbocycles.